The number of carbonyl (C=O) groups excluding carboxylic acids is 18. The number of ether oxygens (including phenoxy) is 18. The Bertz CT molecular complexity index is 3320. The molecule has 15 unspecified atom stereocenters. The number of nitrogens with one attached hydrogen (secondary N) is 7. The minimum Gasteiger partial charge on any atom is -0.463 e. The number of carbonyl (C=O) groups is 18. The maximum absolute atomic E-state index is 14.6. The maximum Gasteiger partial charge on any atom is 0.303 e. The molecule has 44 nitrogen and oxygen atoms in total. The SMILES string of the molecule is [B]C(=O)CCCC(=O)N1CCC(C(=O)NC(COCCC(=O)NCCCCCCOC2OC(COC(C)=O)C(OC(C)=O)C(OC(C)=O)C2NC(C)=O)(COCCC(=O)NCCCCCCOC2OC(COC(C)=O)C(OC(C)=O)C(OC(C)=O)C2NC(C)=O)COCCC(=O)NCCCCCCOC2OC(COC(C)=O)C(OC(C)=O)C(OC(C)=O)C2NC(C)=O)CC1. The molecule has 129 heavy (non-hydrogen) atoms. The summed E-state index contributed by atoms with van der Waals surface area (Å²) in [4.78, 5) is 227. The van der Waals surface area contributed by atoms with Crippen LogP contribution in [0.3, 0.4) is 0 Å². The Labute approximate surface area is 752 Å². The first kappa shape index (κ1) is 112. The van der Waals surface area contributed by atoms with Crippen LogP contribution in [-0.2, 0) is 172 Å². The lowest BCUT2D eigenvalue weighted by Gasteiger charge is -2.44. The Morgan fingerprint density at radius 3 is 0.899 bits per heavy atom. The molecule has 2 radical (unpaired) electrons. The highest BCUT2D eigenvalue weighted by molar-refractivity contribution is 6.57. The zero-order valence-electron chi connectivity index (χ0n) is 76.1. The standard InChI is InChI=1S/C84H133BN8O36/c1-50(94)89-71-77(124-59(10)103)74(121-56(7)100)63(44-118-53(4)97)127-81(71)115-38-22-16-13-19-33-86-67(107)30-41-112-47-84(92-80(111)62-28-36-93(37-29-62)70(110)27-25-26-66(85)106,48-113-42-31-68(108)87-34-20-14-17-23-39-116-82-72(90-51(2)95)78(125-60(11)104)75(122-57(8)101)64(128-82)45-119-54(5)98)49-114-43-32-69(109)88-35-21-15-18-24-40-117-83-73(91-52(3)96)79(126-61(12)105)76(123-58(9)102)65(129-83)46-120-55(6)99/h62-65,71-79,81-83H,13-49H2,1-12H3,(H,86,107)(H,87,108)(H,88,109)(H,89,94)(H,90,95)(H,91,96)(H,92,111). The summed E-state index contributed by atoms with van der Waals surface area (Å²) in [5.74, 6) is -10.5. The second kappa shape index (κ2) is 61.1. The number of rotatable bonds is 60. The third-order valence-electron chi connectivity index (χ3n) is 20.2. The smallest absolute Gasteiger partial charge is 0.303 e. The molecule has 0 aromatic carbocycles. The Balaban J connectivity index is 1.43. The largest absolute Gasteiger partial charge is 0.463 e. The van der Waals surface area contributed by atoms with Gasteiger partial charge in [-0.05, 0) is 64.2 Å². The lowest BCUT2D eigenvalue weighted by Crippen LogP contribution is -2.66. The van der Waals surface area contributed by atoms with E-state index in [-0.39, 0.29) is 167 Å². The van der Waals surface area contributed by atoms with E-state index in [1.165, 1.54) is 41.5 Å². The van der Waals surface area contributed by atoms with E-state index >= 15 is 0 Å². The molecular weight excluding hydrogens is 1710 g/mol. The van der Waals surface area contributed by atoms with Crippen LogP contribution in [0.2, 0.25) is 0 Å². The molecule has 0 aromatic heterocycles. The van der Waals surface area contributed by atoms with Gasteiger partial charge in [-0.2, -0.15) is 0 Å². The van der Waals surface area contributed by atoms with Crippen molar-refractivity contribution >= 4 is 115 Å². The van der Waals surface area contributed by atoms with Gasteiger partial charge in [0, 0.05) is 167 Å². The predicted molar refractivity (Wildman–Crippen MR) is 445 cm³/mol. The molecular formula is C84H133BN8O36. The molecule has 4 heterocycles. The molecule has 4 rings (SSSR count). The second-order valence-corrected chi connectivity index (χ2v) is 31.7. The van der Waals surface area contributed by atoms with Gasteiger partial charge in [0.1, 0.15) is 61.8 Å². The molecule has 15 atom stereocenters. The van der Waals surface area contributed by atoms with Crippen LogP contribution in [0, 0.1) is 5.92 Å². The molecule has 45 heteroatoms. The number of amides is 8. The lowest BCUT2D eigenvalue weighted by atomic mass is 9.93. The second-order valence-electron chi connectivity index (χ2n) is 31.7. The first-order valence-electron chi connectivity index (χ1n) is 43.7. The zero-order valence-corrected chi connectivity index (χ0v) is 76.1. The fraction of sp³-hybridized carbons (Fsp3) is 0.786. The van der Waals surface area contributed by atoms with Gasteiger partial charge >= 0.3 is 53.7 Å². The van der Waals surface area contributed by atoms with Crippen molar-refractivity contribution in [2.24, 2.45) is 5.92 Å². The van der Waals surface area contributed by atoms with Crippen molar-refractivity contribution in [2.45, 2.75) is 309 Å². The molecule has 4 saturated heterocycles. The summed E-state index contributed by atoms with van der Waals surface area (Å²) >= 11 is 0. The van der Waals surface area contributed by atoms with E-state index in [1.54, 1.807) is 4.90 Å². The summed E-state index contributed by atoms with van der Waals surface area (Å²) in [6, 6.07) is -3.43. The fourth-order valence-electron chi connectivity index (χ4n) is 14.4. The molecule has 4 aliphatic rings. The van der Waals surface area contributed by atoms with E-state index in [2.05, 4.69) is 37.2 Å². The number of hydrogen-bond donors (Lipinski definition) is 7. The van der Waals surface area contributed by atoms with Gasteiger partial charge in [0.05, 0.1) is 45.3 Å². The first-order chi connectivity index (χ1) is 61.3. The summed E-state index contributed by atoms with van der Waals surface area (Å²) in [7, 11) is 5.31. The molecule has 0 saturated carbocycles. The van der Waals surface area contributed by atoms with Gasteiger partial charge in [-0.15, -0.1) is 0 Å². The normalized spacial score (nSPS) is 23.0. The van der Waals surface area contributed by atoms with E-state index < -0.39 is 206 Å². The summed E-state index contributed by atoms with van der Waals surface area (Å²) in [6.45, 7) is 12.8. The van der Waals surface area contributed by atoms with Crippen LogP contribution in [0.5, 0.6) is 0 Å². The Morgan fingerprint density at radius 1 is 0.341 bits per heavy atom. The number of nitrogens with zero attached hydrogens (tertiary/aromatic N) is 1. The van der Waals surface area contributed by atoms with Gasteiger partial charge < -0.3 is 132 Å². The van der Waals surface area contributed by atoms with Crippen LogP contribution in [0.1, 0.15) is 212 Å². The molecule has 0 aliphatic carbocycles. The van der Waals surface area contributed by atoms with Crippen LogP contribution in [-0.4, -0.2) is 329 Å². The number of hydrogen-bond acceptors (Lipinski definition) is 36. The molecule has 4 fully saturated rings. The van der Waals surface area contributed by atoms with Crippen molar-refractivity contribution in [3.05, 3.63) is 0 Å². The van der Waals surface area contributed by atoms with Gasteiger partial charge in [0.15, 0.2) is 63.3 Å². The molecule has 728 valence electrons. The average molecular weight is 1840 g/mol. The summed E-state index contributed by atoms with van der Waals surface area (Å²) in [6.07, 6.45) is -7.82. The van der Waals surface area contributed by atoms with Gasteiger partial charge in [-0.1, -0.05) is 38.5 Å². The molecule has 8 amide bonds. The van der Waals surface area contributed by atoms with Gasteiger partial charge in [-0.3, -0.25) is 81.5 Å². The summed E-state index contributed by atoms with van der Waals surface area (Å²) in [5, 5.41) is 19.7. The van der Waals surface area contributed by atoms with Crippen LogP contribution in [0.25, 0.3) is 0 Å². The highest BCUT2D eigenvalue weighted by Crippen LogP contribution is 2.33. The fourth-order valence-corrected chi connectivity index (χ4v) is 14.4. The minimum absolute atomic E-state index is 0.0287. The zero-order chi connectivity index (χ0) is 95.5. The quantitative estimate of drug-likeness (QED) is 0.0185. The minimum atomic E-state index is -1.53. The average Bonchev–Trinajstić information content (AvgIpc) is 0.793. The number of piperidine rings is 1. The molecule has 4 aliphatic heterocycles. The lowest BCUT2D eigenvalue weighted by molar-refractivity contribution is -0.277. The van der Waals surface area contributed by atoms with E-state index in [9.17, 15) is 86.3 Å². The highest BCUT2D eigenvalue weighted by atomic mass is 16.7. The van der Waals surface area contributed by atoms with Crippen molar-refractivity contribution in [3.8, 4) is 0 Å². The van der Waals surface area contributed by atoms with E-state index in [0.717, 1.165) is 41.5 Å². The summed E-state index contributed by atoms with van der Waals surface area (Å²) < 4.78 is 104. The third-order valence-corrected chi connectivity index (χ3v) is 20.2. The molecule has 7 N–H and O–H groups in total. The Morgan fingerprint density at radius 2 is 0.628 bits per heavy atom. The number of likely N-dealkylation sites (tertiary alicyclic amines) is 1. The van der Waals surface area contributed by atoms with Crippen molar-refractivity contribution in [3.63, 3.8) is 0 Å². The summed E-state index contributed by atoms with van der Waals surface area (Å²) in [5.41, 5.74) is -2.07. The number of unbranched alkanes of at least 4 members (excludes halogenated alkanes) is 9. The van der Waals surface area contributed by atoms with Gasteiger partial charge in [0.25, 0.3) is 0 Å². The first-order valence-corrected chi connectivity index (χ1v) is 43.7. The van der Waals surface area contributed by atoms with E-state index in [0.29, 0.717) is 77.0 Å². The topological polar surface area (TPSA) is 561 Å². The molecule has 0 spiro atoms. The number of esters is 9. The van der Waals surface area contributed by atoms with Crippen LogP contribution in [0.4, 0.5) is 0 Å². The van der Waals surface area contributed by atoms with E-state index in [4.69, 9.17) is 93.1 Å². The Hall–Kier alpha value is -9.64. The monoisotopic (exact) mass is 1840 g/mol. The molecule has 0 aromatic rings. The maximum atomic E-state index is 14.6. The van der Waals surface area contributed by atoms with Crippen molar-refractivity contribution in [2.75, 3.05) is 112 Å². The van der Waals surface area contributed by atoms with Crippen molar-refractivity contribution in [1.29, 1.82) is 0 Å². The van der Waals surface area contributed by atoms with Gasteiger partial charge in [-0.25, -0.2) is 0 Å². The third kappa shape index (κ3) is 45.7. The Kier molecular flexibility index (Phi) is 52.9. The van der Waals surface area contributed by atoms with Crippen LogP contribution >= 0.6 is 0 Å². The van der Waals surface area contributed by atoms with E-state index in [1.807, 2.05) is 0 Å². The van der Waals surface area contributed by atoms with Crippen molar-refractivity contribution < 1.29 is 172 Å². The highest BCUT2D eigenvalue weighted by Gasteiger charge is 2.55. The predicted octanol–water partition coefficient (Wildman–Crippen LogP) is 0.213. The van der Waals surface area contributed by atoms with Crippen LogP contribution < -0.4 is 37.2 Å². The van der Waals surface area contributed by atoms with Gasteiger partial charge in [0.2, 0.25) is 47.3 Å². The van der Waals surface area contributed by atoms with Crippen molar-refractivity contribution in [1.82, 2.24) is 42.1 Å². The molecule has 0 bridgehead atoms. The van der Waals surface area contributed by atoms with Crippen LogP contribution in [0.15, 0.2) is 0 Å².